The molecule has 0 aromatic rings. The number of halogens is 1. The van der Waals surface area contributed by atoms with Crippen LogP contribution in [0, 0.1) is 5.92 Å². The third-order valence-electron chi connectivity index (χ3n) is 5.38. The molecular weight excluding hydrogens is 437 g/mol. The smallest absolute Gasteiger partial charge is 0.191 e. The van der Waals surface area contributed by atoms with Crippen LogP contribution in [0.15, 0.2) is 4.99 Å². The van der Waals surface area contributed by atoms with Crippen LogP contribution < -0.4 is 10.6 Å². The minimum atomic E-state index is 0. The Balaban J connectivity index is 0.00000338. The van der Waals surface area contributed by atoms with Crippen LogP contribution in [0.2, 0.25) is 0 Å². The number of nitrogens with one attached hydrogen (secondary N) is 2. The first-order valence-corrected chi connectivity index (χ1v) is 10.5. The van der Waals surface area contributed by atoms with Gasteiger partial charge in [0.25, 0.3) is 0 Å². The van der Waals surface area contributed by atoms with Crippen molar-refractivity contribution in [2.24, 2.45) is 10.9 Å². The van der Waals surface area contributed by atoms with Gasteiger partial charge in [0.05, 0.1) is 0 Å². The SMILES string of the molecule is CN=C(NCCCN(C(C)C)C(C)C)NCCN(CC1CC1)C1CC1.I. The molecule has 0 radical (unpaired) electrons. The number of guanidine groups is 1. The first kappa shape index (κ1) is 24.0. The van der Waals surface area contributed by atoms with E-state index in [-0.39, 0.29) is 24.0 Å². The summed E-state index contributed by atoms with van der Waals surface area (Å²) in [5, 5.41) is 6.96. The molecule has 2 aliphatic rings. The second-order valence-electron chi connectivity index (χ2n) is 8.37. The van der Waals surface area contributed by atoms with Crippen LogP contribution in [-0.4, -0.2) is 73.7 Å². The summed E-state index contributed by atoms with van der Waals surface area (Å²) in [6.45, 7) is 14.7. The van der Waals surface area contributed by atoms with Crippen molar-refractivity contribution < 1.29 is 0 Å². The molecule has 2 fully saturated rings. The van der Waals surface area contributed by atoms with Crippen molar-refractivity contribution in [3.05, 3.63) is 0 Å². The van der Waals surface area contributed by atoms with Gasteiger partial charge in [-0.15, -0.1) is 24.0 Å². The van der Waals surface area contributed by atoms with Crippen LogP contribution in [0.3, 0.4) is 0 Å². The van der Waals surface area contributed by atoms with Gasteiger partial charge in [-0.05, 0) is 65.7 Å². The molecule has 154 valence electrons. The summed E-state index contributed by atoms with van der Waals surface area (Å²) < 4.78 is 0. The Morgan fingerprint density at radius 3 is 2.08 bits per heavy atom. The Bertz CT molecular complexity index is 397. The zero-order chi connectivity index (χ0) is 18.2. The van der Waals surface area contributed by atoms with Crippen LogP contribution >= 0.6 is 24.0 Å². The Morgan fingerprint density at radius 2 is 1.58 bits per heavy atom. The van der Waals surface area contributed by atoms with Crippen molar-refractivity contribution in [3.63, 3.8) is 0 Å². The van der Waals surface area contributed by atoms with Gasteiger partial charge >= 0.3 is 0 Å². The van der Waals surface area contributed by atoms with E-state index < -0.39 is 0 Å². The molecule has 0 spiro atoms. The number of hydrogen-bond acceptors (Lipinski definition) is 3. The van der Waals surface area contributed by atoms with Gasteiger partial charge < -0.3 is 10.6 Å². The first-order valence-electron chi connectivity index (χ1n) is 10.5. The predicted octanol–water partition coefficient (Wildman–Crippen LogP) is 3.15. The molecule has 0 aromatic carbocycles. The van der Waals surface area contributed by atoms with Crippen LogP contribution in [0.5, 0.6) is 0 Å². The van der Waals surface area contributed by atoms with E-state index in [1.807, 2.05) is 7.05 Å². The van der Waals surface area contributed by atoms with E-state index in [0.717, 1.165) is 50.5 Å². The number of rotatable bonds is 12. The molecule has 2 aliphatic carbocycles. The Labute approximate surface area is 178 Å². The minimum Gasteiger partial charge on any atom is -0.356 e. The number of nitrogens with zero attached hydrogens (tertiary/aromatic N) is 3. The highest BCUT2D eigenvalue weighted by Crippen LogP contribution is 2.34. The van der Waals surface area contributed by atoms with E-state index in [1.165, 1.54) is 32.2 Å². The van der Waals surface area contributed by atoms with Crippen molar-refractivity contribution >= 4 is 29.9 Å². The van der Waals surface area contributed by atoms with Gasteiger partial charge in [-0.1, -0.05) is 0 Å². The lowest BCUT2D eigenvalue weighted by atomic mass is 10.2. The molecule has 0 amide bonds. The van der Waals surface area contributed by atoms with E-state index in [9.17, 15) is 0 Å². The largest absolute Gasteiger partial charge is 0.356 e. The van der Waals surface area contributed by atoms with Gasteiger partial charge in [0, 0.05) is 57.9 Å². The average Bonchev–Trinajstić information content (AvgIpc) is 3.44. The second kappa shape index (κ2) is 12.4. The molecule has 0 atom stereocenters. The molecule has 2 N–H and O–H groups in total. The molecule has 0 saturated heterocycles. The van der Waals surface area contributed by atoms with Gasteiger partial charge in [-0.25, -0.2) is 0 Å². The summed E-state index contributed by atoms with van der Waals surface area (Å²) in [6.07, 6.45) is 6.85. The topological polar surface area (TPSA) is 42.9 Å². The highest BCUT2D eigenvalue weighted by Gasteiger charge is 2.33. The lowest BCUT2D eigenvalue weighted by Crippen LogP contribution is -2.44. The van der Waals surface area contributed by atoms with Crippen molar-refractivity contribution in [2.45, 2.75) is 77.9 Å². The normalized spacial score (nSPS) is 18.0. The van der Waals surface area contributed by atoms with Gasteiger partial charge in [0.1, 0.15) is 0 Å². The van der Waals surface area contributed by atoms with Gasteiger partial charge in [0.15, 0.2) is 5.96 Å². The van der Waals surface area contributed by atoms with E-state index in [4.69, 9.17) is 0 Å². The summed E-state index contributed by atoms with van der Waals surface area (Å²) in [5.41, 5.74) is 0. The van der Waals surface area contributed by atoms with Gasteiger partial charge in [-0.2, -0.15) is 0 Å². The fourth-order valence-electron chi connectivity index (χ4n) is 3.61. The summed E-state index contributed by atoms with van der Waals surface area (Å²) in [5.74, 6) is 1.94. The summed E-state index contributed by atoms with van der Waals surface area (Å²) >= 11 is 0. The van der Waals surface area contributed by atoms with E-state index >= 15 is 0 Å². The maximum absolute atomic E-state index is 4.37. The summed E-state index contributed by atoms with van der Waals surface area (Å²) in [4.78, 5) is 9.61. The lowest BCUT2D eigenvalue weighted by Gasteiger charge is -2.30. The third kappa shape index (κ3) is 9.22. The summed E-state index contributed by atoms with van der Waals surface area (Å²) in [7, 11) is 1.87. The molecule has 0 aliphatic heterocycles. The Hall–Kier alpha value is -0.0800. The van der Waals surface area contributed by atoms with Crippen LogP contribution in [0.1, 0.15) is 59.8 Å². The van der Waals surface area contributed by atoms with Gasteiger partial charge in [-0.3, -0.25) is 14.8 Å². The number of hydrogen-bond donors (Lipinski definition) is 2. The summed E-state index contributed by atoms with van der Waals surface area (Å²) in [6, 6.07) is 2.09. The average molecular weight is 479 g/mol. The number of aliphatic imine (C=N–C) groups is 1. The zero-order valence-corrected chi connectivity index (χ0v) is 20.0. The van der Waals surface area contributed by atoms with Crippen molar-refractivity contribution in [1.29, 1.82) is 0 Å². The Kier molecular flexibility index (Phi) is 11.4. The molecular formula is C20H42IN5. The van der Waals surface area contributed by atoms with E-state index in [2.05, 4.69) is 53.1 Å². The molecule has 0 unspecified atom stereocenters. The van der Waals surface area contributed by atoms with Crippen molar-refractivity contribution in [1.82, 2.24) is 20.4 Å². The standard InChI is InChI=1S/C20H41N5.HI/c1-16(2)25(17(3)4)13-6-11-22-20(21-5)23-12-14-24(19-9-10-19)15-18-7-8-18;/h16-19H,6-15H2,1-5H3,(H2,21,22,23);1H. The monoisotopic (exact) mass is 479 g/mol. The molecule has 0 bridgehead atoms. The third-order valence-corrected chi connectivity index (χ3v) is 5.38. The van der Waals surface area contributed by atoms with Gasteiger partial charge in [0.2, 0.25) is 0 Å². The lowest BCUT2D eigenvalue weighted by molar-refractivity contribution is 0.173. The zero-order valence-electron chi connectivity index (χ0n) is 17.6. The molecule has 6 heteroatoms. The predicted molar refractivity (Wildman–Crippen MR) is 124 cm³/mol. The van der Waals surface area contributed by atoms with Crippen LogP contribution in [0.25, 0.3) is 0 Å². The van der Waals surface area contributed by atoms with Crippen LogP contribution in [0.4, 0.5) is 0 Å². The van der Waals surface area contributed by atoms with E-state index in [1.54, 1.807) is 0 Å². The maximum Gasteiger partial charge on any atom is 0.191 e. The van der Waals surface area contributed by atoms with Crippen molar-refractivity contribution in [3.8, 4) is 0 Å². The highest BCUT2D eigenvalue weighted by atomic mass is 127. The van der Waals surface area contributed by atoms with E-state index in [0.29, 0.717) is 12.1 Å². The molecule has 2 rings (SSSR count). The highest BCUT2D eigenvalue weighted by molar-refractivity contribution is 14.0. The Morgan fingerprint density at radius 1 is 0.962 bits per heavy atom. The maximum atomic E-state index is 4.37. The molecule has 26 heavy (non-hydrogen) atoms. The quantitative estimate of drug-likeness (QED) is 0.195. The first-order chi connectivity index (χ1) is 12.0. The minimum absolute atomic E-state index is 0. The van der Waals surface area contributed by atoms with Crippen LogP contribution in [-0.2, 0) is 0 Å². The van der Waals surface area contributed by atoms with Crippen molar-refractivity contribution in [2.75, 3.05) is 39.8 Å². The molecule has 0 heterocycles. The fraction of sp³-hybridized carbons (Fsp3) is 0.950. The second-order valence-corrected chi connectivity index (χ2v) is 8.37. The molecule has 0 aromatic heterocycles. The fourth-order valence-corrected chi connectivity index (χ4v) is 3.61. The molecule has 2 saturated carbocycles. The molecule has 5 nitrogen and oxygen atoms in total.